The van der Waals surface area contributed by atoms with Crippen molar-refractivity contribution < 1.29 is 34.2 Å². The molecule has 2 aliphatic heterocycles. The van der Waals surface area contributed by atoms with Gasteiger partial charge in [-0.2, -0.15) is 0 Å². The minimum Gasteiger partial charge on any atom is -0.507 e. The van der Waals surface area contributed by atoms with Crippen molar-refractivity contribution in [3.8, 4) is 33.8 Å². The van der Waals surface area contributed by atoms with Crippen LogP contribution in [-0.2, 0) is 25.6 Å². The Morgan fingerprint density at radius 2 is 1.44 bits per heavy atom. The topological polar surface area (TPSA) is 180 Å². The molecule has 14 heteroatoms. The molecule has 0 radical (unpaired) electrons. The summed E-state index contributed by atoms with van der Waals surface area (Å²) in [4.78, 5) is 70.4. The molecule has 2 heterocycles. The summed E-state index contributed by atoms with van der Waals surface area (Å²) in [5.74, 6) is -2.80. The fourth-order valence-corrected chi connectivity index (χ4v) is 7.05. The van der Waals surface area contributed by atoms with Gasteiger partial charge in [-0.15, -0.1) is 0 Å². The molecule has 296 valence electrons. The number of likely N-dealkylation sites (tertiary alicyclic amines) is 1. The number of hydrogen-bond acceptors (Lipinski definition) is 8. The monoisotopic (exact) mass is 792 g/mol. The molecule has 6 rings (SSSR count). The number of nitrogens with zero attached hydrogens (tertiary/aromatic N) is 2. The number of aromatic hydroxyl groups is 2. The number of amides is 5. The molecule has 1 fully saturated rings. The van der Waals surface area contributed by atoms with Gasteiger partial charge in [0.2, 0.25) is 23.6 Å². The molecular weight excluding hydrogens is 748 g/mol. The van der Waals surface area contributed by atoms with E-state index in [9.17, 15) is 34.2 Å². The van der Waals surface area contributed by atoms with E-state index in [0.29, 0.717) is 40.5 Å². The largest absolute Gasteiger partial charge is 0.507 e. The first-order valence-corrected chi connectivity index (χ1v) is 19.0. The number of fused-ring (bicyclic) bond motifs is 5. The predicted molar refractivity (Wildman–Crippen MR) is 216 cm³/mol. The lowest BCUT2D eigenvalue weighted by Crippen LogP contribution is -2.55. The van der Waals surface area contributed by atoms with Gasteiger partial charge < -0.3 is 41.3 Å². The highest BCUT2D eigenvalue weighted by Crippen LogP contribution is 2.39. The van der Waals surface area contributed by atoms with Gasteiger partial charge in [-0.3, -0.25) is 24.0 Å². The van der Waals surface area contributed by atoms with Gasteiger partial charge in [-0.1, -0.05) is 54.6 Å². The predicted octanol–water partition coefficient (Wildman–Crippen LogP) is 4.29. The van der Waals surface area contributed by atoms with E-state index in [1.165, 1.54) is 19.1 Å². The quantitative estimate of drug-likeness (QED) is 0.145. The summed E-state index contributed by atoms with van der Waals surface area (Å²) in [5, 5.41) is 33.6. The number of phenols is 2. The number of hydrogen-bond donors (Lipinski definition) is 6. The molecule has 2 unspecified atom stereocenters. The van der Waals surface area contributed by atoms with Gasteiger partial charge in [-0.25, -0.2) is 0 Å². The zero-order valence-electron chi connectivity index (χ0n) is 31.7. The maximum atomic E-state index is 14.2. The third kappa shape index (κ3) is 9.55. The van der Waals surface area contributed by atoms with Crippen molar-refractivity contribution in [1.29, 1.82) is 0 Å². The third-order valence-electron chi connectivity index (χ3n) is 10.3. The Hall–Kier alpha value is -6.34. The molecule has 6 N–H and O–H groups in total. The number of rotatable bonds is 9. The van der Waals surface area contributed by atoms with Crippen molar-refractivity contribution in [2.24, 2.45) is 0 Å². The van der Waals surface area contributed by atoms with Gasteiger partial charge >= 0.3 is 0 Å². The van der Waals surface area contributed by atoms with Gasteiger partial charge in [0.1, 0.15) is 29.6 Å². The smallest absolute Gasteiger partial charge is 0.251 e. The van der Waals surface area contributed by atoms with Gasteiger partial charge in [0.15, 0.2) is 0 Å². The van der Waals surface area contributed by atoms with E-state index < -0.39 is 35.8 Å². The van der Waals surface area contributed by atoms with E-state index in [0.717, 1.165) is 24.0 Å². The van der Waals surface area contributed by atoms with Crippen molar-refractivity contribution >= 4 is 41.1 Å². The summed E-state index contributed by atoms with van der Waals surface area (Å²) in [5.41, 5.74) is 3.99. The van der Waals surface area contributed by atoms with Crippen LogP contribution in [0.25, 0.3) is 22.3 Å². The lowest BCUT2D eigenvalue weighted by atomic mass is 9.93. The van der Waals surface area contributed by atoms with Crippen LogP contribution in [-0.4, -0.2) is 94.9 Å². The SMILES string of the molecule is C=C(CNC(=O)c1ccc(-c2ccc(Cl)cc2)cc1)N(C)C1C(=O)N[C@@H](C)C(=O)NC(C(=O)NCC(=O)N2CCCC2)Cc2ccc(O)c(c2)-c2cc1ccc2O. The number of likely N-dealkylation sites (N-methyl/N-ethyl adjacent to an activating group) is 1. The first kappa shape index (κ1) is 40.3. The van der Waals surface area contributed by atoms with Crippen LogP contribution < -0.4 is 21.3 Å². The highest BCUT2D eigenvalue weighted by Gasteiger charge is 2.32. The van der Waals surface area contributed by atoms with E-state index >= 15 is 0 Å². The van der Waals surface area contributed by atoms with Crippen molar-refractivity contribution in [2.45, 2.75) is 44.3 Å². The Morgan fingerprint density at radius 1 is 0.825 bits per heavy atom. The Kier molecular flexibility index (Phi) is 12.5. The number of carbonyl (C=O) groups excluding carboxylic acids is 5. The second-order valence-electron chi connectivity index (χ2n) is 14.3. The summed E-state index contributed by atoms with van der Waals surface area (Å²) >= 11 is 6.02. The molecule has 13 nitrogen and oxygen atoms in total. The lowest BCUT2D eigenvalue weighted by Gasteiger charge is -2.32. The third-order valence-corrected chi connectivity index (χ3v) is 10.5. The fraction of sp³-hybridized carbons (Fsp3) is 0.279. The molecule has 57 heavy (non-hydrogen) atoms. The average Bonchev–Trinajstić information content (AvgIpc) is 3.75. The highest BCUT2D eigenvalue weighted by molar-refractivity contribution is 6.30. The number of phenolic OH excluding ortho intramolecular Hbond substituents is 2. The van der Waals surface area contributed by atoms with Crippen LogP contribution in [0.4, 0.5) is 0 Å². The van der Waals surface area contributed by atoms with Crippen molar-refractivity contribution in [3.05, 3.63) is 119 Å². The Balaban J connectivity index is 1.23. The van der Waals surface area contributed by atoms with Crippen LogP contribution in [0.15, 0.2) is 97.2 Å². The molecule has 1 saturated heterocycles. The molecule has 5 amide bonds. The molecular formula is C43H45ClN6O7. The van der Waals surface area contributed by atoms with Gasteiger partial charge in [0.05, 0.1) is 13.1 Å². The van der Waals surface area contributed by atoms with Crippen molar-refractivity contribution in [1.82, 2.24) is 31.1 Å². The highest BCUT2D eigenvalue weighted by atomic mass is 35.5. The average molecular weight is 793 g/mol. The van der Waals surface area contributed by atoms with Crippen LogP contribution in [0, 0.1) is 0 Å². The van der Waals surface area contributed by atoms with Crippen LogP contribution in [0.1, 0.15) is 47.3 Å². The maximum absolute atomic E-state index is 14.2. The van der Waals surface area contributed by atoms with Crippen LogP contribution >= 0.6 is 11.6 Å². The second kappa shape index (κ2) is 17.6. The zero-order valence-corrected chi connectivity index (χ0v) is 32.4. The minimum atomic E-state index is -1.15. The Morgan fingerprint density at radius 3 is 2.11 bits per heavy atom. The van der Waals surface area contributed by atoms with E-state index in [1.54, 1.807) is 65.4 Å². The summed E-state index contributed by atoms with van der Waals surface area (Å²) in [6.45, 7) is 6.58. The number of carbonyl (C=O) groups is 5. The molecule has 3 atom stereocenters. The molecule has 2 aliphatic rings. The van der Waals surface area contributed by atoms with Gasteiger partial charge in [0.25, 0.3) is 5.91 Å². The molecule has 0 saturated carbocycles. The lowest BCUT2D eigenvalue weighted by molar-refractivity contribution is -0.134. The van der Waals surface area contributed by atoms with E-state index in [4.69, 9.17) is 11.6 Å². The molecule has 0 aliphatic carbocycles. The van der Waals surface area contributed by atoms with Crippen LogP contribution in [0.3, 0.4) is 0 Å². The van der Waals surface area contributed by atoms with E-state index in [1.807, 2.05) is 24.3 Å². The van der Waals surface area contributed by atoms with Crippen molar-refractivity contribution in [3.63, 3.8) is 0 Å². The van der Waals surface area contributed by atoms with Crippen molar-refractivity contribution in [2.75, 3.05) is 33.2 Å². The molecule has 4 aromatic rings. The first-order chi connectivity index (χ1) is 27.3. The standard InChI is InChI=1S/C43H45ClN6O7/c1-25(23-45-41(55)30-9-7-28(8-10-30)29-11-14-32(44)15-12-29)49(3)39-31-13-17-37(52)34(22-31)33-20-27(6-16-36(33)51)21-35(48-40(54)26(2)47-43(39)57)42(56)46-24-38(53)50-18-4-5-19-50/h6-17,20,22,26,35,39,51-52H,1,4-5,18-19,21,23-24H2,2-3H3,(H,45,55)(H,46,56)(H,47,57)(H,48,54)/t26-,35?,39?/m0/s1. The van der Waals surface area contributed by atoms with Crippen LogP contribution in [0.5, 0.6) is 11.5 Å². The summed E-state index contributed by atoms with van der Waals surface area (Å²) in [6, 6.07) is 20.2. The molecule has 4 aromatic carbocycles. The molecule has 4 bridgehead atoms. The Bertz CT molecular complexity index is 2190. The number of nitrogens with one attached hydrogen (secondary N) is 4. The maximum Gasteiger partial charge on any atom is 0.251 e. The normalized spacial score (nSPS) is 18.1. The van der Waals surface area contributed by atoms with Gasteiger partial charge in [0, 0.05) is 54.0 Å². The Labute approximate surface area is 335 Å². The molecule has 0 spiro atoms. The molecule has 0 aromatic heterocycles. The summed E-state index contributed by atoms with van der Waals surface area (Å²) in [6.07, 6.45) is 1.77. The van der Waals surface area contributed by atoms with Gasteiger partial charge in [-0.05, 0) is 90.6 Å². The number of halogens is 1. The summed E-state index contributed by atoms with van der Waals surface area (Å²) in [7, 11) is 1.61. The second-order valence-corrected chi connectivity index (χ2v) is 14.7. The first-order valence-electron chi connectivity index (χ1n) is 18.6. The zero-order chi connectivity index (χ0) is 40.8. The summed E-state index contributed by atoms with van der Waals surface area (Å²) < 4.78 is 0. The minimum absolute atomic E-state index is 0.0206. The fourth-order valence-electron chi connectivity index (χ4n) is 6.93. The van der Waals surface area contributed by atoms with Crippen LogP contribution in [0.2, 0.25) is 5.02 Å². The number of benzene rings is 4. The van der Waals surface area contributed by atoms with E-state index in [2.05, 4.69) is 27.8 Å². The van der Waals surface area contributed by atoms with E-state index in [-0.39, 0.29) is 54.0 Å².